The van der Waals surface area contributed by atoms with E-state index in [1.807, 2.05) is 35.7 Å². The minimum atomic E-state index is -0.488. The van der Waals surface area contributed by atoms with Crippen LogP contribution in [0.5, 0.6) is 0 Å². The number of hydrogen-bond donors (Lipinski definition) is 1. The third-order valence-corrected chi connectivity index (χ3v) is 3.68. The third-order valence-electron chi connectivity index (χ3n) is 2.74. The molecule has 20 heavy (non-hydrogen) atoms. The van der Waals surface area contributed by atoms with Gasteiger partial charge in [-0.2, -0.15) is 4.39 Å². The Morgan fingerprint density at radius 1 is 1.00 bits per heavy atom. The molecule has 3 rings (SSSR count). The quantitative estimate of drug-likeness (QED) is 0.737. The van der Waals surface area contributed by atoms with E-state index in [2.05, 4.69) is 15.3 Å². The Hall–Kier alpha value is -2.27. The lowest BCUT2D eigenvalue weighted by molar-refractivity contribution is 0.585. The van der Waals surface area contributed by atoms with Gasteiger partial charge in [-0.05, 0) is 12.1 Å². The predicted molar refractivity (Wildman–Crippen MR) is 79.1 cm³/mol. The summed E-state index contributed by atoms with van der Waals surface area (Å²) < 4.78 is 13.0. The van der Waals surface area contributed by atoms with Crippen LogP contribution in [0.15, 0.2) is 53.9 Å². The highest BCUT2D eigenvalue weighted by Crippen LogP contribution is 2.23. The van der Waals surface area contributed by atoms with Gasteiger partial charge < -0.3 is 5.32 Å². The molecule has 0 unspecified atom stereocenters. The van der Waals surface area contributed by atoms with Crippen molar-refractivity contribution in [1.29, 1.82) is 0 Å². The minimum absolute atomic E-state index is 0.488. The van der Waals surface area contributed by atoms with Crippen LogP contribution < -0.4 is 5.32 Å². The van der Waals surface area contributed by atoms with Gasteiger partial charge in [0.25, 0.3) is 0 Å². The largest absolute Gasteiger partial charge is 0.364 e. The van der Waals surface area contributed by atoms with Gasteiger partial charge in [0.2, 0.25) is 5.95 Å². The van der Waals surface area contributed by atoms with Crippen molar-refractivity contribution in [3.05, 3.63) is 65.6 Å². The van der Waals surface area contributed by atoms with Gasteiger partial charge in [0.05, 0.1) is 12.2 Å². The van der Waals surface area contributed by atoms with Crippen molar-refractivity contribution in [2.24, 2.45) is 0 Å². The summed E-state index contributed by atoms with van der Waals surface area (Å²) in [5.74, 6) is 0.0255. The van der Waals surface area contributed by atoms with Crippen LogP contribution in [-0.4, -0.2) is 9.97 Å². The summed E-state index contributed by atoms with van der Waals surface area (Å²) in [5, 5.41) is 6.04. The number of pyridine rings is 1. The van der Waals surface area contributed by atoms with Crippen LogP contribution in [0.1, 0.15) is 5.69 Å². The summed E-state index contributed by atoms with van der Waals surface area (Å²) in [7, 11) is 0. The van der Waals surface area contributed by atoms with Gasteiger partial charge in [0.1, 0.15) is 10.8 Å². The van der Waals surface area contributed by atoms with E-state index in [4.69, 9.17) is 0 Å². The lowest BCUT2D eigenvalue weighted by Crippen LogP contribution is -2.02. The molecular formula is C15H12FN3S. The zero-order valence-corrected chi connectivity index (χ0v) is 11.4. The molecule has 0 aliphatic rings. The van der Waals surface area contributed by atoms with E-state index >= 15 is 0 Å². The molecule has 0 aliphatic heterocycles. The van der Waals surface area contributed by atoms with Gasteiger partial charge in [0, 0.05) is 10.9 Å². The zero-order valence-electron chi connectivity index (χ0n) is 10.6. The first-order valence-corrected chi connectivity index (χ1v) is 7.05. The number of halogens is 1. The molecule has 1 N–H and O–H groups in total. The Morgan fingerprint density at radius 2 is 1.85 bits per heavy atom. The molecule has 0 saturated carbocycles. The van der Waals surface area contributed by atoms with Gasteiger partial charge in [-0.1, -0.05) is 36.4 Å². The van der Waals surface area contributed by atoms with E-state index in [0.29, 0.717) is 12.4 Å². The number of aromatic nitrogens is 2. The standard InChI is InChI=1S/C15H12FN3S/c16-13-7-4-8-14(19-13)17-9-12-10-20-15(18-12)11-5-2-1-3-6-11/h1-8,10H,9H2,(H,17,19). The maximum Gasteiger partial charge on any atom is 0.214 e. The Morgan fingerprint density at radius 3 is 2.65 bits per heavy atom. The molecule has 100 valence electrons. The van der Waals surface area contributed by atoms with Crippen LogP contribution in [0.4, 0.5) is 10.2 Å². The van der Waals surface area contributed by atoms with E-state index in [0.717, 1.165) is 16.3 Å². The van der Waals surface area contributed by atoms with Crippen molar-refractivity contribution in [3.8, 4) is 10.6 Å². The van der Waals surface area contributed by atoms with Crippen LogP contribution in [-0.2, 0) is 6.54 Å². The molecule has 0 aliphatic carbocycles. The number of rotatable bonds is 4. The van der Waals surface area contributed by atoms with Gasteiger partial charge in [-0.15, -0.1) is 11.3 Å². The highest BCUT2D eigenvalue weighted by molar-refractivity contribution is 7.13. The zero-order chi connectivity index (χ0) is 13.8. The van der Waals surface area contributed by atoms with Crippen LogP contribution in [0, 0.1) is 5.95 Å². The molecule has 0 amide bonds. The van der Waals surface area contributed by atoms with E-state index in [9.17, 15) is 4.39 Å². The second kappa shape index (κ2) is 5.79. The van der Waals surface area contributed by atoms with Gasteiger partial charge in [0.15, 0.2) is 0 Å². The first-order chi connectivity index (χ1) is 9.81. The molecular weight excluding hydrogens is 273 g/mol. The summed E-state index contributed by atoms with van der Waals surface area (Å²) in [6.45, 7) is 0.528. The average Bonchev–Trinajstić information content (AvgIpc) is 2.95. The predicted octanol–water partition coefficient (Wildman–Crippen LogP) is 3.96. The highest BCUT2D eigenvalue weighted by Gasteiger charge is 2.04. The normalized spacial score (nSPS) is 10.4. The molecule has 0 spiro atoms. The second-order valence-corrected chi connectivity index (χ2v) is 5.07. The van der Waals surface area contributed by atoms with Crippen molar-refractivity contribution >= 4 is 17.2 Å². The molecule has 0 fully saturated rings. The number of hydrogen-bond acceptors (Lipinski definition) is 4. The summed E-state index contributed by atoms with van der Waals surface area (Å²) in [6.07, 6.45) is 0. The maximum absolute atomic E-state index is 13.0. The molecule has 0 bridgehead atoms. The molecule has 3 aromatic rings. The summed E-state index contributed by atoms with van der Waals surface area (Å²) >= 11 is 1.60. The number of nitrogens with one attached hydrogen (secondary N) is 1. The Bertz CT molecular complexity index is 697. The number of anilines is 1. The molecule has 2 heterocycles. The van der Waals surface area contributed by atoms with E-state index in [1.165, 1.54) is 6.07 Å². The fraction of sp³-hybridized carbons (Fsp3) is 0.0667. The molecule has 2 aromatic heterocycles. The fourth-order valence-corrected chi connectivity index (χ4v) is 2.62. The van der Waals surface area contributed by atoms with E-state index < -0.39 is 5.95 Å². The van der Waals surface area contributed by atoms with Crippen molar-refractivity contribution in [2.75, 3.05) is 5.32 Å². The SMILES string of the molecule is Fc1cccc(NCc2csc(-c3ccccc3)n2)n1. The monoisotopic (exact) mass is 285 g/mol. The van der Waals surface area contributed by atoms with Gasteiger partial charge in [-0.25, -0.2) is 9.97 Å². The Kier molecular flexibility index (Phi) is 3.69. The highest BCUT2D eigenvalue weighted by atomic mass is 32.1. The molecule has 3 nitrogen and oxygen atoms in total. The summed E-state index contributed by atoms with van der Waals surface area (Å²) in [6, 6.07) is 14.7. The molecule has 0 atom stereocenters. The number of nitrogens with zero attached hydrogens (tertiary/aromatic N) is 2. The Labute approximate surface area is 120 Å². The third kappa shape index (κ3) is 3.00. The summed E-state index contributed by atoms with van der Waals surface area (Å²) in [4.78, 5) is 8.30. The van der Waals surface area contributed by atoms with Crippen molar-refractivity contribution in [1.82, 2.24) is 9.97 Å². The van der Waals surface area contributed by atoms with Crippen LogP contribution in [0.2, 0.25) is 0 Å². The first kappa shape index (κ1) is 12.7. The van der Waals surface area contributed by atoms with Gasteiger partial charge in [-0.3, -0.25) is 0 Å². The molecule has 0 saturated heterocycles. The van der Waals surface area contributed by atoms with Crippen LogP contribution >= 0.6 is 11.3 Å². The van der Waals surface area contributed by atoms with Crippen molar-refractivity contribution in [3.63, 3.8) is 0 Å². The van der Waals surface area contributed by atoms with Crippen molar-refractivity contribution in [2.45, 2.75) is 6.54 Å². The lowest BCUT2D eigenvalue weighted by Gasteiger charge is -2.02. The van der Waals surface area contributed by atoms with Crippen molar-refractivity contribution < 1.29 is 4.39 Å². The van der Waals surface area contributed by atoms with Crippen LogP contribution in [0.3, 0.4) is 0 Å². The van der Waals surface area contributed by atoms with E-state index in [-0.39, 0.29) is 0 Å². The molecule has 1 aromatic carbocycles. The molecule has 5 heteroatoms. The topological polar surface area (TPSA) is 37.8 Å². The Balaban J connectivity index is 1.69. The maximum atomic E-state index is 13.0. The van der Waals surface area contributed by atoms with Crippen LogP contribution in [0.25, 0.3) is 10.6 Å². The number of benzene rings is 1. The molecule has 0 radical (unpaired) electrons. The average molecular weight is 285 g/mol. The summed E-state index contributed by atoms with van der Waals surface area (Å²) in [5.41, 5.74) is 2.02. The fourth-order valence-electron chi connectivity index (χ4n) is 1.79. The first-order valence-electron chi connectivity index (χ1n) is 6.17. The van der Waals surface area contributed by atoms with E-state index in [1.54, 1.807) is 23.5 Å². The smallest absolute Gasteiger partial charge is 0.214 e. The minimum Gasteiger partial charge on any atom is -0.364 e. The second-order valence-electron chi connectivity index (χ2n) is 4.21. The number of thiazole rings is 1. The van der Waals surface area contributed by atoms with Gasteiger partial charge >= 0.3 is 0 Å². The lowest BCUT2D eigenvalue weighted by atomic mass is 10.2.